The van der Waals surface area contributed by atoms with Crippen LogP contribution in [0.5, 0.6) is 0 Å². The average molecular weight is 287 g/mol. The SMILES string of the molecule is Cc1n[nH]c(=S)n1N=Cc1ccc(Br)o1. The van der Waals surface area contributed by atoms with Gasteiger partial charge in [0.25, 0.3) is 0 Å². The molecule has 2 aromatic heterocycles. The Balaban J connectivity index is 2.29. The van der Waals surface area contributed by atoms with Gasteiger partial charge in [-0.3, -0.25) is 5.10 Å². The van der Waals surface area contributed by atoms with Crippen LogP contribution in [-0.2, 0) is 0 Å². The normalized spacial score (nSPS) is 11.3. The number of aryl methyl sites for hydroxylation is 1. The van der Waals surface area contributed by atoms with Crippen LogP contribution in [0.25, 0.3) is 0 Å². The molecule has 15 heavy (non-hydrogen) atoms. The Bertz CT molecular complexity index is 553. The molecule has 0 amide bonds. The van der Waals surface area contributed by atoms with Crippen LogP contribution in [0, 0.1) is 11.7 Å². The van der Waals surface area contributed by atoms with Crippen molar-refractivity contribution >= 4 is 34.4 Å². The first-order valence-corrected chi connectivity index (χ1v) is 5.30. The first-order valence-electron chi connectivity index (χ1n) is 4.10. The fraction of sp³-hybridized carbons (Fsp3) is 0.125. The third kappa shape index (κ3) is 2.24. The second-order valence-electron chi connectivity index (χ2n) is 2.77. The third-order valence-corrected chi connectivity index (χ3v) is 2.40. The summed E-state index contributed by atoms with van der Waals surface area (Å²) in [6.45, 7) is 1.81. The Hall–Kier alpha value is -1.21. The fourth-order valence-electron chi connectivity index (χ4n) is 1.02. The van der Waals surface area contributed by atoms with Gasteiger partial charge in [-0.15, -0.1) is 0 Å². The molecule has 0 fully saturated rings. The highest BCUT2D eigenvalue weighted by Gasteiger charge is 1.98. The lowest BCUT2D eigenvalue weighted by Crippen LogP contribution is -1.92. The van der Waals surface area contributed by atoms with Gasteiger partial charge in [0.05, 0.1) is 6.21 Å². The van der Waals surface area contributed by atoms with Gasteiger partial charge < -0.3 is 4.42 Å². The molecule has 5 nitrogen and oxygen atoms in total. The highest BCUT2D eigenvalue weighted by atomic mass is 79.9. The lowest BCUT2D eigenvalue weighted by Gasteiger charge is -1.91. The maximum atomic E-state index is 5.25. The number of hydrogen-bond donors (Lipinski definition) is 1. The molecule has 0 aliphatic rings. The standard InChI is InChI=1S/C8H7BrN4OS/c1-5-11-12-8(15)13(5)10-4-6-2-3-7(9)14-6/h2-4H,1H3,(H,12,15). The van der Waals surface area contributed by atoms with Crippen LogP contribution in [-0.4, -0.2) is 21.1 Å². The summed E-state index contributed by atoms with van der Waals surface area (Å²) in [5, 5.41) is 10.7. The maximum Gasteiger partial charge on any atom is 0.216 e. The molecule has 7 heteroatoms. The minimum atomic E-state index is 0.453. The Kier molecular flexibility index (Phi) is 2.83. The molecule has 0 saturated heterocycles. The molecule has 0 unspecified atom stereocenters. The summed E-state index contributed by atoms with van der Waals surface area (Å²) in [5.41, 5.74) is 0. The number of nitrogens with one attached hydrogen (secondary N) is 1. The van der Waals surface area contributed by atoms with Crippen molar-refractivity contribution in [2.24, 2.45) is 5.10 Å². The van der Waals surface area contributed by atoms with E-state index in [9.17, 15) is 0 Å². The van der Waals surface area contributed by atoms with Crippen molar-refractivity contribution in [1.29, 1.82) is 0 Å². The van der Waals surface area contributed by atoms with E-state index in [1.807, 2.05) is 6.92 Å². The van der Waals surface area contributed by atoms with Crippen LogP contribution in [0.2, 0.25) is 0 Å². The molecule has 1 N–H and O–H groups in total. The number of aromatic nitrogens is 3. The summed E-state index contributed by atoms with van der Waals surface area (Å²) in [6.07, 6.45) is 1.57. The Morgan fingerprint density at radius 2 is 2.47 bits per heavy atom. The van der Waals surface area contributed by atoms with Gasteiger partial charge >= 0.3 is 0 Å². The second kappa shape index (κ2) is 4.11. The largest absolute Gasteiger partial charge is 0.448 e. The summed E-state index contributed by atoms with van der Waals surface area (Å²) in [5.74, 6) is 1.34. The minimum absolute atomic E-state index is 0.453. The number of aromatic amines is 1. The predicted molar refractivity (Wildman–Crippen MR) is 61.5 cm³/mol. The van der Waals surface area contributed by atoms with Crippen molar-refractivity contribution in [3.05, 3.63) is 33.2 Å². The highest BCUT2D eigenvalue weighted by molar-refractivity contribution is 9.10. The van der Waals surface area contributed by atoms with E-state index in [1.54, 1.807) is 18.3 Å². The van der Waals surface area contributed by atoms with Gasteiger partial charge in [0.15, 0.2) is 4.67 Å². The van der Waals surface area contributed by atoms with E-state index in [-0.39, 0.29) is 0 Å². The Morgan fingerprint density at radius 1 is 1.67 bits per heavy atom. The summed E-state index contributed by atoms with van der Waals surface area (Å²) < 4.78 is 7.89. The molecular formula is C8H7BrN4OS. The van der Waals surface area contributed by atoms with Crippen molar-refractivity contribution in [1.82, 2.24) is 14.9 Å². The van der Waals surface area contributed by atoms with Gasteiger partial charge in [0.1, 0.15) is 11.6 Å². The number of halogens is 1. The van der Waals surface area contributed by atoms with Crippen LogP contribution < -0.4 is 0 Å². The molecule has 0 bridgehead atoms. The third-order valence-electron chi connectivity index (χ3n) is 1.71. The molecule has 2 rings (SSSR count). The molecule has 0 spiro atoms. The van der Waals surface area contributed by atoms with Crippen molar-refractivity contribution in [2.75, 3.05) is 0 Å². The van der Waals surface area contributed by atoms with Crippen molar-refractivity contribution in [2.45, 2.75) is 6.92 Å². The topological polar surface area (TPSA) is 59.1 Å². The molecule has 0 saturated carbocycles. The van der Waals surface area contributed by atoms with E-state index < -0.39 is 0 Å². The van der Waals surface area contributed by atoms with Crippen molar-refractivity contribution in [3.63, 3.8) is 0 Å². The molecule has 2 heterocycles. The second-order valence-corrected chi connectivity index (χ2v) is 3.94. The number of rotatable bonds is 2. The Morgan fingerprint density at radius 3 is 3.00 bits per heavy atom. The highest BCUT2D eigenvalue weighted by Crippen LogP contribution is 2.12. The van der Waals surface area contributed by atoms with E-state index in [4.69, 9.17) is 16.6 Å². The number of furan rings is 1. The van der Waals surface area contributed by atoms with Crippen LogP contribution in [0.1, 0.15) is 11.6 Å². The Labute approximate surface area is 98.9 Å². The van der Waals surface area contributed by atoms with Gasteiger partial charge in [-0.25, -0.2) is 0 Å². The minimum Gasteiger partial charge on any atom is -0.448 e. The van der Waals surface area contributed by atoms with Crippen molar-refractivity contribution < 1.29 is 4.42 Å². The quantitative estimate of drug-likeness (QED) is 0.682. The van der Waals surface area contributed by atoms with E-state index in [1.165, 1.54) is 4.68 Å². The van der Waals surface area contributed by atoms with E-state index >= 15 is 0 Å². The van der Waals surface area contributed by atoms with Crippen LogP contribution in [0.15, 0.2) is 26.3 Å². The van der Waals surface area contributed by atoms with Crippen LogP contribution in [0.3, 0.4) is 0 Å². The smallest absolute Gasteiger partial charge is 0.216 e. The molecule has 0 atom stereocenters. The van der Waals surface area contributed by atoms with E-state index in [2.05, 4.69) is 31.2 Å². The summed E-state index contributed by atoms with van der Waals surface area (Å²) in [4.78, 5) is 0. The molecule has 78 valence electrons. The maximum absolute atomic E-state index is 5.25. The van der Waals surface area contributed by atoms with Gasteiger partial charge in [-0.05, 0) is 47.2 Å². The van der Waals surface area contributed by atoms with E-state index in [0.29, 0.717) is 21.0 Å². The fourth-order valence-corrected chi connectivity index (χ4v) is 1.56. The zero-order valence-corrected chi connectivity index (χ0v) is 10.2. The monoisotopic (exact) mass is 286 g/mol. The summed E-state index contributed by atoms with van der Waals surface area (Å²) in [7, 11) is 0. The zero-order chi connectivity index (χ0) is 10.8. The number of H-pyrrole nitrogens is 1. The number of nitrogens with zero attached hydrogens (tertiary/aromatic N) is 3. The van der Waals surface area contributed by atoms with E-state index in [0.717, 1.165) is 0 Å². The zero-order valence-electron chi connectivity index (χ0n) is 7.77. The molecule has 2 aromatic rings. The van der Waals surface area contributed by atoms with Gasteiger partial charge in [-0.1, -0.05) is 0 Å². The first kappa shape index (κ1) is 10.3. The molecule has 0 aliphatic carbocycles. The van der Waals surface area contributed by atoms with Crippen LogP contribution >= 0.6 is 28.1 Å². The molecule has 0 radical (unpaired) electrons. The summed E-state index contributed by atoms with van der Waals surface area (Å²) >= 11 is 8.19. The average Bonchev–Trinajstić information content (AvgIpc) is 2.73. The van der Waals surface area contributed by atoms with Gasteiger partial charge in [0, 0.05) is 0 Å². The summed E-state index contributed by atoms with van der Waals surface area (Å²) in [6, 6.07) is 3.59. The first-order chi connectivity index (χ1) is 7.16. The molecular weight excluding hydrogens is 280 g/mol. The predicted octanol–water partition coefficient (Wildman–Crippen LogP) is 2.49. The van der Waals surface area contributed by atoms with Gasteiger partial charge in [0.2, 0.25) is 4.77 Å². The van der Waals surface area contributed by atoms with Crippen LogP contribution in [0.4, 0.5) is 0 Å². The molecule has 0 aliphatic heterocycles. The number of hydrogen-bond acceptors (Lipinski definition) is 4. The lowest BCUT2D eigenvalue weighted by molar-refractivity contribution is 0.534. The lowest BCUT2D eigenvalue weighted by atomic mass is 10.5. The molecule has 0 aromatic carbocycles. The van der Waals surface area contributed by atoms with Gasteiger partial charge in [-0.2, -0.15) is 14.9 Å². The van der Waals surface area contributed by atoms with Crippen molar-refractivity contribution in [3.8, 4) is 0 Å².